The Bertz CT molecular complexity index is 666. The molecule has 1 spiro atoms. The molecule has 106 valence electrons. The van der Waals surface area contributed by atoms with E-state index in [0.717, 1.165) is 19.3 Å². The summed E-state index contributed by atoms with van der Waals surface area (Å²) in [7, 11) is 0. The minimum atomic E-state index is -0.450. The number of anilines is 1. The summed E-state index contributed by atoms with van der Waals surface area (Å²) in [5, 5.41) is 19.9. The molecule has 2 saturated carbocycles. The molecule has 3 atom stereocenters. The number of aliphatic hydroxyl groups excluding tert-OH is 2. The van der Waals surface area contributed by atoms with E-state index in [4.69, 9.17) is 5.73 Å². The molecule has 0 aromatic carbocycles. The van der Waals surface area contributed by atoms with E-state index >= 15 is 0 Å². The van der Waals surface area contributed by atoms with Crippen molar-refractivity contribution in [3.8, 4) is 0 Å². The summed E-state index contributed by atoms with van der Waals surface area (Å²) in [5.41, 5.74) is 7.00. The van der Waals surface area contributed by atoms with E-state index in [-0.39, 0.29) is 24.0 Å². The summed E-state index contributed by atoms with van der Waals surface area (Å²) in [6, 6.07) is 0.119. The zero-order valence-corrected chi connectivity index (χ0v) is 11.0. The average molecular weight is 275 g/mol. The molecular formula is C13H17N5O2. The van der Waals surface area contributed by atoms with Gasteiger partial charge in [0.1, 0.15) is 11.8 Å². The van der Waals surface area contributed by atoms with Crippen LogP contribution in [0.15, 0.2) is 12.7 Å². The molecule has 4 N–H and O–H groups in total. The second-order valence-electron chi connectivity index (χ2n) is 5.96. The highest BCUT2D eigenvalue weighted by molar-refractivity contribution is 5.81. The van der Waals surface area contributed by atoms with Gasteiger partial charge in [-0.2, -0.15) is 0 Å². The Labute approximate surface area is 115 Å². The van der Waals surface area contributed by atoms with E-state index < -0.39 is 6.10 Å². The van der Waals surface area contributed by atoms with Crippen LogP contribution in [0.25, 0.3) is 11.2 Å². The lowest BCUT2D eigenvalue weighted by molar-refractivity contribution is 0.0471. The van der Waals surface area contributed by atoms with Crippen LogP contribution in [0.5, 0.6) is 0 Å². The Morgan fingerprint density at radius 1 is 1.35 bits per heavy atom. The fourth-order valence-corrected chi connectivity index (χ4v) is 3.75. The second-order valence-corrected chi connectivity index (χ2v) is 5.96. The minimum Gasteiger partial charge on any atom is -0.396 e. The van der Waals surface area contributed by atoms with Crippen molar-refractivity contribution < 1.29 is 10.2 Å². The van der Waals surface area contributed by atoms with Gasteiger partial charge in [-0.15, -0.1) is 0 Å². The first-order valence-corrected chi connectivity index (χ1v) is 6.89. The number of rotatable bonds is 2. The molecule has 2 aliphatic rings. The summed E-state index contributed by atoms with van der Waals surface area (Å²) in [6.45, 7) is 0.0170. The van der Waals surface area contributed by atoms with Gasteiger partial charge < -0.3 is 20.5 Å². The third kappa shape index (κ3) is 1.39. The maximum Gasteiger partial charge on any atom is 0.165 e. The molecule has 0 aliphatic heterocycles. The molecule has 0 radical (unpaired) electrons. The van der Waals surface area contributed by atoms with Crippen LogP contribution in [0.3, 0.4) is 0 Å². The third-order valence-electron chi connectivity index (χ3n) is 5.01. The third-order valence-corrected chi connectivity index (χ3v) is 5.01. The highest BCUT2D eigenvalue weighted by Gasteiger charge is 2.62. The van der Waals surface area contributed by atoms with E-state index in [1.807, 2.05) is 4.57 Å². The Kier molecular flexibility index (Phi) is 2.34. The molecule has 0 saturated heterocycles. The van der Waals surface area contributed by atoms with Gasteiger partial charge in [0, 0.05) is 24.0 Å². The van der Waals surface area contributed by atoms with E-state index in [1.165, 1.54) is 6.33 Å². The molecule has 7 nitrogen and oxygen atoms in total. The van der Waals surface area contributed by atoms with E-state index in [0.29, 0.717) is 17.0 Å². The summed E-state index contributed by atoms with van der Waals surface area (Å²) in [6.07, 6.45) is 5.42. The smallest absolute Gasteiger partial charge is 0.165 e. The van der Waals surface area contributed by atoms with Crippen molar-refractivity contribution in [3.05, 3.63) is 12.7 Å². The first-order valence-electron chi connectivity index (χ1n) is 6.89. The number of hydrogen-bond donors (Lipinski definition) is 3. The van der Waals surface area contributed by atoms with Gasteiger partial charge in [0.05, 0.1) is 12.4 Å². The summed E-state index contributed by atoms with van der Waals surface area (Å²) in [4.78, 5) is 12.5. The number of fused-ring (bicyclic) bond motifs is 1. The Morgan fingerprint density at radius 2 is 2.15 bits per heavy atom. The fraction of sp³-hybridized carbons (Fsp3) is 0.615. The van der Waals surface area contributed by atoms with Crippen LogP contribution in [0, 0.1) is 11.3 Å². The van der Waals surface area contributed by atoms with Crippen LogP contribution in [-0.2, 0) is 0 Å². The topological polar surface area (TPSA) is 110 Å². The number of hydrogen-bond acceptors (Lipinski definition) is 6. The Morgan fingerprint density at radius 3 is 2.85 bits per heavy atom. The van der Waals surface area contributed by atoms with Gasteiger partial charge in [-0.3, -0.25) is 0 Å². The Hall–Kier alpha value is -1.73. The molecule has 0 amide bonds. The highest BCUT2D eigenvalue weighted by Crippen LogP contribution is 2.65. The predicted octanol–water partition coefficient (Wildman–Crippen LogP) is 0.103. The first kappa shape index (κ1) is 12.0. The number of nitrogens with zero attached hydrogens (tertiary/aromatic N) is 4. The van der Waals surface area contributed by atoms with Gasteiger partial charge in [0.2, 0.25) is 0 Å². The number of imidazole rings is 1. The normalized spacial score (nSPS) is 31.2. The molecule has 2 heterocycles. The maximum atomic E-state index is 10.4. The molecule has 2 fully saturated rings. The molecule has 20 heavy (non-hydrogen) atoms. The van der Waals surface area contributed by atoms with E-state index in [9.17, 15) is 10.2 Å². The standard InChI is InChI=1S/C13H17N5O2/c14-11-9-12(16-5-15-11)18(6-17-9)8-3-7(4-19)10(20)13(8)1-2-13/h5-8,10,19-20H,1-4H2,(H2,14,15,16)/t7-,8-,10-/m1/s1. The SMILES string of the molecule is Nc1ncnc2c1ncn2[C@@H]1C[C@H](CO)[C@@H](O)C12CC2. The zero-order valence-electron chi connectivity index (χ0n) is 11.0. The molecule has 0 bridgehead atoms. The summed E-state index contributed by atoms with van der Waals surface area (Å²) >= 11 is 0. The molecule has 2 aliphatic carbocycles. The quantitative estimate of drug-likeness (QED) is 0.717. The number of aliphatic hydroxyl groups is 2. The van der Waals surface area contributed by atoms with Crippen LogP contribution in [0.4, 0.5) is 5.82 Å². The number of aromatic nitrogens is 4. The van der Waals surface area contributed by atoms with Gasteiger partial charge in [0.15, 0.2) is 11.5 Å². The van der Waals surface area contributed by atoms with Crippen molar-refractivity contribution >= 4 is 17.0 Å². The molecule has 2 aromatic heterocycles. The van der Waals surface area contributed by atoms with E-state index in [1.54, 1.807) is 6.33 Å². The zero-order chi connectivity index (χ0) is 13.9. The van der Waals surface area contributed by atoms with Crippen molar-refractivity contribution in [2.45, 2.75) is 31.4 Å². The average Bonchev–Trinajstić information content (AvgIpc) is 3.06. The lowest BCUT2D eigenvalue weighted by Gasteiger charge is -2.22. The van der Waals surface area contributed by atoms with Crippen molar-refractivity contribution in [3.63, 3.8) is 0 Å². The molecule has 7 heteroatoms. The monoisotopic (exact) mass is 275 g/mol. The van der Waals surface area contributed by atoms with Crippen molar-refractivity contribution in [2.24, 2.45) is 11.3 Å². The van der Waals surface area contributed by atoms with Crippen LogP contribution >= 0.6 is 0 Å². The van der Waals surface area contributed by atoms with Crippen LogP contribution in [0.1, 0.15) is 25.3 Å². The van der Waals surface area contributed by atoms with Gasteiger partial charge in [-0.1, -0.05) is 0 Å². The van der Waals surface area contributed by atoms with Crippen molar-refractivity contribution in [2.75, 3.05) is 12.3 Å². The lowest BCUT2D eigenvalue weighted by Crippen LogP contribution is -2.27. The molecule has 4 rings (SSSR count). The summed E-state index contributed by atoms with van der Waals surface area (Å²) < 4.78 is 2.00. The number of nitrogens with two attached hydrogens (primary N) is 1. The van der Waals surface area contributed by atoms with Crippen LogP contribution in [-0.4, -0.2) is 42.4 Å². The predicted molar refractivity (Wildman–Crippen MR) is 71.6 cm³/mol. The van der Waals surface area contributed by atoms with Gasteiger partial charge in [0.25, 0.3) is 0 Å². The molecule has 0 unspecified atom stereocenters. The fourth-order valence-electron chi connectivity index (χ4n) is 3.75. The van der Waals surface area contributed by atoms with Gasteiger partial charge >= 0.3 is 0 Å². The van der Waals surface area contributed by atoms with Crippen LogP contribution < -0.4 is 5.73 Å². The second kappa shape index (κ2) is 3.89. The van der Waals surface area contributed by atoms with Gasteiger partial charge in [-0.05, 0) is 19.3 Å². The maximum absolute atomic E-state index is 10.4. The largest absolute Gasteiger partial charge is 0.396 e. The first-order chi connectivity index (χ1) is 9.67. The van der Waals surface area contributed by atoms with Gasteiger partial charge in [-0.25, -0.2) is 15.0 Å². The van der Waals surface area contributed by atoms with Crippen molar-refractivity contribution in [1.29, 1.82) is 0 Å². The molecule has 2 aromatic rings. The van der Waals surface area contributed by atoms with E-state index in [2.05, 4.69) is 15.0 Å². The highest BCUT2D eigenvalue weighted by atomic mass is 16.3. The summed E-state index contributed by atoms with van der Waals surface area (Å²) in [5.74, 6) is 0.301. The lowest BCUT2D eigenvalue weighted by atomic mass is 9.96. The molecular weight excluding hydrogens is 258 g/mol. The van der Waals surface area contributed by atoms with Crippen LogP contribution in [0.2, 0.25) is 0 Å². The number of nitrogen functional groups attached to an aromatic ring is 1. The Balaban J connectivity index is 1.82. The minimum absolute atomic E-state index is 0.0170. The van der Waals surface area contributed by atoms with Crippen molar-refractivity contribution in [1.82, 2.24) is 19.5 Å².